The molecule has 25 heavy (non-hydrogen) atoms. The molecule has 3 fully saturated rings. The molecule has 0 aliphatic carbocycles. The number of nitrogens with zero attached hydrogens (tertiary/aromatic N) is 2. The smallest absolute Gasteiger partial charge is 0.377 e. The summed E-state index contributed by atoms with van der Waals surface area (Å²) in [6.07, 6.45) is 0.316. The van der Waals surface area contributed by atoms with Crippen LogP contribution in [0.15, 0.2) is 0 Å². The highest BCUT2D eigenvalue weighted by molar-refractivity contribution is 7.80. The molecular formula is C12H20N4O8S. The molecule has 3 N–H and O–H groups in total. The number of fused-ring (bicyclic) bond motifs is 2. The molecule has 12 nitrogen and oxygen atoms in total. The molecule has 3 aliphatic rings. The zero-order valence-electron chi connectivity index (χ0n) is 13.3. The molecule has 13 heteroatoms. The quantitative estimate of drug-likeness (QED) is 0.365. The summed E-state index contributed by atoms with van der Waals surface area (Å²) >= 11 is 0. The van der Waals surface area contributed by atoms with E-state index in [2.05, 4.69) is 15.1 Å². The van der Waals surface area contributed by atoms with Crippen molar-refractivity contribution in [2.45, 2.75) is 31.0 Å². The summed E-state index contributed by atoms with van der Waals surface area (Å²) < 4.78 is 40.1. The topological polar surface area (TPSA) is 147 Å². The number of amides is 3. The van der Waals surface area contributed by atoms with Crippen molar-refractivity contribution in [2.24, 2.45) is 0 Å². The van der Waals surface area contributed by atoms with Crippen LogP contribution in [0.4, 0.5) is 4.79 Å². The summed E-state index contributed by atoms with van der Waals surface area (Å²) in [5, 5.41) is 3.68. The lowest BCUT2D eigenvalue weighted by atomic mass is 10.0. The lowest BCUT2D eigenvalue weighted by Gasteiger charge is -2.29. The van der Waals surface area contributed by atoms with Gasteiger partial charge < -0.3 is 15.0 Å². The zero-order chi connectivity index (χ0) is 18.0. The van der Waals surface area contributed by atoms with Crippen molar-refractivity contribution in [3.63, 3.8) is 0 Å². The number of hydroxylamine groups is 3. The van der Waals surface area contributed by atoms with Crippen LogP contribution in [-0.2, 0) is 29.1 Å². The van der Waals surface area contributed by atoms with Gasteiger partial charge in [0.15, 0.2) is 0 Å². The molecule has 0 aromatic rings. The summed E-state index contributed by atoms with van der Waals surface area (Å²) in [5.41, 5.74) is 2.34. The summed E-state index contributed by atoms with van der Waals surface area (Å²) in [6.45, 7) is 2.23. The van der Waals surface area contributed by atoms with Crippen molar-refractivity contribution >= 4 is 22.3 Å². The minimum absolute atomic E-state index is 0.126. The third kappa shape index (κ3) is 4.37. The summed E-state index contributed by atoms with van der Waals surface area (Å²) in [5.74, 6) is -0.509. The van der Waals surface area contributed by atoms with Gasteiger partial charge in [-0.25, -0.2) is 10.3 Å². The maximum atomic E-state index is 12.3. The van der Waals surface area contributed by atoms with Crippen molar-refractivity contribution in [1.82, 2.24) is 20.8 Å². The standard InChI is InChI=1S/C12H20N4O8S/c17-11(14-23-9-5-13-3-4-22-7-9)10-2-1-8-6-15(10)12(18)16(8)24-25(19,20)21/h8-10,13H,1-7H2,(H,14,17)(H,19,20,21). The molecule has 3 rings (SSSR count). The minimum atomic E-state index is -4.81. The number of urea groups is 1. The number of ether oxygens (including phenoxy) is 1. The number of rotatable bonds is 5. The summed E-state index contributed by atoms with van der Waals surface area (Å²) in [6, 6.07) is -2.14. The van der Waals surface area contributed by atoms with Crippen LogP contribution < -0.4 is 10.8 Å². The Balaban J connectivity index is 1.56. The Hall–Kier alpha value is -1.51. The second-order valence-corrected chi connectivity index (χ2v) is 7.00. The average molecular weight is 380 g/mol. The first-order valence-corrected chi connectivity index (χ1v) is 9.22. The van der Waals surface area contributed by atoms with E-state index in [-0.39, 0.29) is 12.6 Å². The van der Waals surface area contributed by atoms with Crippen molar-refractivity contribution in [3.05, 3.63) is 0 Å². The lowest BCUT2D eigenvalue weighted by molar-refractivity contribution is -0.145. The van der Waals surface area contributed by atoms with E-state index in [9.17, 15) is 18.0 Å². The number of carbonyl (C=O) groups excluding carboxylic acids is 2. The van der Waals surface area contributed by atoms with Crippen LogP contribution in [0.2, 0.25) is 0 Å². The Morgan fingerprint density at radius 3 is 2.96 bits per heavy atom. The van der Waals surface area contributed by atoms with Crippen LogP contribution in [0, 0.1) is 0 Å². The second kappa shape index (κ2) is 7.39. The monoisotopic (exact) mass is 380 g/mol. The average Bonchev–Trinajstić information content (AvgIpc) is 2.77. The van der Waals surface area contributed by atoms with Gasteiger partial charge in [0, 0.05) is 19.6 Å². The normalized spacial score (nSPS) is 30.3. The molecule has 3 atom stereocenters. The van der Waals surface area contributed by atoms with E-state index in [4.69, 9.17) is 14.1 Å². The van der Waals surface area contributed by atoms with E-state index in [0.29, 0.717) is 44.2 Å². The Bertz CT molecular complexity index is 621. The Morgan fingerprint density at radius 2 is 2.20 bits per heavy atom. The van der Waals surface area contributed by atoms with E-state index in [1.165, 1.54) is 4.90 Å². The second-order valence-electron chi connectivity index (χ2n) is 6.00. The first kappa shape index (κ1) is 18.3. The first-order valence-electron chi connectivity index (χ1n) is 7.86. The molecule has 0 aromatic carbocycles. The van der Waals surface area contributed by atoms with Crippen LogP contribution in [0.3, 0.4) is 0 Å². The van der Waals surface area contributed by atoms with Gasteiger partial charge >= 0.3 is 16.4 Å². The van der Waals surface area contributed by atoms with Gasteiger partial charge in [-0.1, -0.05) is 0 Å². The molecule has 0 spiro atoms. The predicted molar refractivity (Wildman–Crippen MR) is 80.1 cm³/mol. The molecule has 3 unspecified atom stereocenters. The number of nitrogens with one attached hydrogen (secondary N) is 2. The van der Waals surface area contributed by atoms with Gasteiger partial charge in [-0.05, 0) is 12.8 Å². The molecule has 2 bridgehead atoms. The number of piperidine rings is 1. The Labute approximate surface area is 144 Å². The van der Waals surface area contributed by atoms with Crippen molar-refractivity contribution in [3.8, 4) is 0 Å². The third-order valence-corrected chi connectivity index (χ3v) is 4.57. The van der Waals surface area contributed by atoms with Crippen molar-refractivity contribution in [1.29, 1.82) is 0 Å². The fourth-order valence-electron chi connectivity index (χ4n) is 3.07. The molecule has 142 valence electrons. The van der Waals surface area contributed by atoms with Gasteiger partial charge in [0.2, 0.25) is 0 Å². The number of hydrogen-bond acceptors (Lipinski definition) is 8. The van der Waals surface area contributed by atoms with E-state index < -0.39 is 34.4 Å². The van der Waals surface area contributed by atoms with Gasteiger partial charge in [-0.15, -0.1) is 4.28 Å². The molecule has 0 radical (unpaired) electrons. The highest BCUT2D eigenvalue weighted by atomic mass is 32.3. The van der Waals surface area contributed by atoms with Gasteiger partial charge in [-0.3, -0.25) is 14.2 Å². The van der Waals surface area contributed by atoms with Gasteiger partial charge in [-0.2, -0.15) is 13.5 Å². The molecule has 0 saturated carbocycles. The largest absolute Gasteiger partial charge is 0.418 e. The maximum Gasteiger partial charge on any atom is 0.418 e. The summed E-state index contributed by atoms with van der Waals surface area (Å²) in [7, 11) is -4.81. The molecule has 3 heterocycles. The SMILES string of the molecule is O=C(NOC1CNCCOC1)C1CCC2CN1C(=O)N2OS(=O)(=O)O. The Morgan fingerprint density at radius 1 is 1.40 bits per heavy atom. The van der Waals surface area contributed by atoms with Gasteiger partial charge in [0.25, 0.3) is 5.91 Å². The first-order chi connectivity index (χ1) is 11.8. The molecule has 0 aromatic heterocycles. The van der Waals surface area contributed by atoms with Crippen LogP contribution in [-0.4, -0.2) is 85.9 Å². The molecule has 3 amide bonds. The number of carbonyl (C=O) groups is 2. The fourth-order valence-corrected chi connectivity index (χ4v) is 3.46. The van der Waals surface area contributed by atoms with Crippen LogP contribution >= 0.6 is 0 Å². The van der Waals surface area contributed by atoms with Crippen LogP contribution in [0.25, 0.3) is 0 Å². The highest BCUT2D eigenvalue weighted by Gasteiger charge is 2.49. The van der Waals surface area contributed by atoms with E-state index in [1.54, 1.807) is 0 Å². The van der Waals surface area contributed by atoms with Gasteiger partial charge in [0.1, 0.15) is 12.1 Å². The molecule has 3 saturated heterocycles. The predicted octanol–water partition coefficient (Wildman–Crippen LogP) is -1.97. The van der Waals surface area contributed by atoms with E-state index in [0.717, 1.165) is 0 Å². The van der Waals surface area contributed by atoms with Crippen LogP contribution in [0.5, 0.6) is 0 Å². The third-order valence-electron chi connectivity index (χ3n) is 4.23. The van der Waals surface area contributed by atoms with Crippen LogP contribution in [0.1, 0.15) is 12.8 Å². The Kier molecular flexibility index (Phi) is 5.41. The minimum Gasteiger partial charge on any atom is -0.377 e. The van der Waals surface area contributed by atoms with E-state index >= 15 is 0 Å². The lowest BCUT2D eigenvalue weighted by Crippen LogP contribution is -2.51. The number of hydrogen-bond donors (Lipinski definition) is 3. The van der Waals surface area contributed by atoms with Crippen molar-refractivity contribution in [2.75, 3.05) is 32.8 Å². The molecular weight excluding hydrogens is 360 g/mol. The van der Waals surface area contributed by atoms with Gasteiger partial charge in [0.05, 0.1) is 19.3 Å². The summed E-state index contributed by atoms with van der Waals surface area (Å²) in [4.78, 5) is 31.1. The zero-order valence-corrected chi connectivity index (χ0v) is 14.1. The van der Waals surface area contributed by atoms with E-state index in [1.807, 2.05) is 0 Å². The van der Waals surface area contributed by atoms with Crippen molar-refractivity contribution < 1.29 is 36.4 Å². The fraction of sp³-hybridized carbons (Fsp3) is 0.833. The maximum absolute atomic E-state index is 12.3. The molecule has 3 aliphatic heterocycles. The highest BCUT2D eigenvalue weighted by Crippen LogP contribution is 2.30.